The molecule has 2 amide bonds. The number of nitrogens with zero attached hydrogens (tertiary/aromatic N) is 2. The molecule has 0 fully saturated rings. The summed E-state index contributed by atoms with van der Waals surface area (Å²) in [5.74, 6) is -0.898. The summed E-state index contributed by atoms with van der Waals surface area (Å²) in [6.45, 7) is 1.66. The van der Waals surface area contributed by atoms with Crippen LogP contribution < -0.4 is 5.32 Å². The van der Waals surface area contributed by atoms with Gasteiger partial charge < -0.3 is 10.2 Å². The van der Waals surface area contributed by atoms with E-state index in [0.717, 1.165) is 20.6 Å². The SMILES string of the molecule is CCNC(=O)C(Cc1ccccc1)N(Cc1ccc(Cl)cc1Cl)C(=O)CN(C)S(=O)(=O)c1ccc2ccccc2c1. The number of sulfonamides is 1. The van der Waals surface area contributed by atoms with E-state index >= 15 is 0 Å². The number of carbonyl (C=O) groups is 2. The number of rotatable bonds is 11. The zero-order valence-electron chi connectivity index (χ0n) is 22.8. The third-order valence-corrected chi connectivity index (χ3v) is 9.15. The normalized spacial score (nSPS) is 12.3. The van der Waals surface area contributed by atoms with Gasteiger partial charge in [-0.05, 0) is 53.1 Å². The molecule has 4 aromatic rings. The molecule has 0 aliphatic heterocycles. The zero-order valence-corrected chi connectivity index (χ0v) is 25.1. The third kappa shape index (κ3) is 7.45. The van der Waals surface area contributed by atoms with Crippen molar-refractivity contribution >= 4 is 55.8 Å². The van der Waals surface area contributed by atoms with E-state index in [4.69, 9.17) is 23.2 Å². The molecule has 0 saturated carbocycles. The number of halogens is 2. The van der Waals surface area contributed by atoms with Crippen LogP contribution in [0.3, 0.4) is 0 Å². The highest BCUT2D eigenvalue weighted by atomic mass is 35.5. The van der Waals surface area contributed by atoms with E-state index in [1.807, 2.05) is 54.6 Å². The maximum Gasteiger partial charge on any atom is 0.243 e. The number of hydrogen-bond donors (Lipinski definition) is 1. The highest BCUT2D eigenvalue weighted by Crippen LogP contribution is 2.25. The smallest absolute Gasteiger partial charge is 0.243 e. The minimum Gasteiger partial charge on any atom is -0.355 e. The van der Waals surface area contributed by atoms with E-state index in [1.54, 1.807) is 37.3 Å². The van der Waals surface area contributed by atoms with Crippen LogP contribution >= 0.6 is 23.2 Å². The molecule has 10 heteroatoms. The zero-order chi connectivity index (χ0) is 29.6. The topological polar surface area (TPSA) is 86.8 Å². The highest BCUT2D eigenvalue weighted by molar-refractivity contribution is 7.89. The largest absolute Gasteiger partial charge is 0.355 e. The second-order valence-corrected chi connectivity index (χ2v) is 12.5. The van der Waals surface area contributed by atoms with Crippen molar-refractivity contribution in [3.05, 3.63) is 112 Å². The van der Waals surface area contributed by atoms with Gasteiger partial charge in [0.25, 0.3) is 0 Å². The van der Waals surface area contributed by atoms with Crippen molar-refractivity contribution in [2.24, 2.45) is 0 Å². The molecule has 0 saturated heterocycles. The van der Waals surface area contributed by atoms with E-state index in [9.17, 15) is 18.0 Å². The Labute approximate surface area is 250 Å². The van der Waals surface area contributed by atoms with E-state index in [-0.39, 0.29) is 23.8 Å². The number of nitrogens with one attached hydrogen (secondary N) is 1. The maximum atomic E-state index is 13.9. The van der Waals surface area contributed by atoms with Gasteiger partial charge in [0.2, 0.25) is 21.8 Å². The van der Waals surface area contributed by atoms with Gasteiger partial charge in [-0.3, -0.25) is 9.59 Å². The summed E-state index contributed by atoms with van der Waals surface area (Å²) >= 11 is 12.5. The summed E-state index contributed by atoms with van der Waals surface area (Å²) in [6.07, 6.45) is 0.227. The van der Waals surface area contributed by atoms with Crippen LogP contribution in [0.15, 0.2) is 95.9 Å². The number of benzene rings is 4. The lowest BCUT2D eigenvalue weighted by Gasteiger charge is -2.33. The predicted octanol–water partition coefficient (Wildman–Crippen LogP) is 5.54. The molecule has 0 aromatic heterocycles. The highest BCUT2D eigenvalue weighted by Gasteiger charge is 2.33. The van der Waals surface area contributed by atoms with Crippen molar-refractivity contribution in [1.82, 2.24) is 14.5 Å². The second kappa shape index (κ2) is 13.5. The van der Waals surface area contributed by atoms with Crippen LogP contribution in [0.4, 0.5) is 0 Å². The van der Waals surface area contributed by atoms with Crippen LogP contribution in [0.5, 0.6) is 0 Å². The summed E-state index contributed by atoms with van der Waals surface area (Å²) in [6, 6.07) is 25.6. The van der Waals surface area contributed by atoms with Crippen molar-refractivity contribution < 1.29 is 18.0 Å². The lowest BCUT2D eigenvalue weighted by atomic mass is 10.0. The molecule has 1 N–H and O–H groups in total. The Hall–Kier alpha value is -3.43. The minimum absolute atomic E-state index is 0.0205. The van der Waals surface area contributed by atoms with Gasteiger partial charge in [-0.1, -0.05) is 89.9 Å². The molecule has 0 radical (unpaired) electrons. The lowest BCUT2D eigenvalue weighted by Crippen LogP contribution is -2.53. The van der Waals surface area contributed by atoms with Crippen molar-refractivity contribution in [3.8, 4) is 0 Å². The van der Waals surface area contributed by atoms with E-state index in [1.165, 1.54) is 18.0 Å². The average molecular weight is 613 g/mol. The average Bonchev–Trinajstić information content (AvgIpc) is 2.96. The van der Waals surface area contributed by atoms with Crippen LogP contribution in [0.2, 0.25) is 10.0 Å². The first-order chi connectivity index (χ1) is 19.6. The molecule has 0 bridgehead atoms. The molecule has 0 aliphatic rings. The Bertz CT molecular complexity index is 1650. The van der Waals surface area contributed by atoms with Crippen LogP contribution in [-0.4, -0.2) is 55.6 Å². The second-order valence-electron chi connectivity index (χ2n) is 9.63. The van der Waals surface area contributed by atoms with Gasteiger partial charge in [-0.25, -0.2) is 8.42 Å². The first-order valence-electron chi connectivity index (χ1n) is 13.1. The molecule has 4 rings (SSSR count). The Morgan fingerprint density at radius 2 is 1.56 bits per heavy atom. The third-order valence-electron chi connectivity index (χ3n) is 6.76. The minimum atomic E-state index is -4.02. The van der Waals surface area contributed by atoms with Gasteiger partial charge in [0.05, 0.1) is 11.4 Å². The summed E-state index contributed by atoms with van der Waals surface area (Å²) in [5, 5.41) is 5.26. The number of amides is 2. The van der Waals surface area contributed by atoms with Gasteiger partial charge in [0.15, 0.2) is 0 Å². The Morgan fingerprint density at radius 1 is 0.878 bits per heavy atom. The summed E-state index contributed by atoms with van der Waals surface area (Å²) < 4.78 is 28.0. The molecule has 214 valence electrons. The molecule has 7 nitrogen and oxygen atoms in total. The lowest BCUT2D eigenvalue weighted by molar-refractivity contribution is -0.141. The van der Waals surface area contributed by atoms with Gasteiger partial charge in [-0.2, -0.15) is 4.31 Å². The van der Waals surface area contributed by atoms with Crippen LogP contribution in [0.25, 0.3) is 10.8 Å². The number of hydrogen-bond acceptors (Lipinski definition) is 4. The maximum absolute atomic E-state index is 13.9. The Balaban J connectivity index is 1.68. The Kier molecular flexibility index (Phi) is 10.0. The molecular formula is C31H31Cl2N3O4S. The van der Waals surface area contributed by atoms with Crippen LogP contribution in [0, 0.1) is 0 Å². The number of likely N-dealkylation sites (N-methyl/N-ethyl adjacent to an activating group) is 2. The van der Waals surface area contributed by atoms with Gasteiger partial charge >= 0.3 is 0 Å². The first-order valence-corrected chi connectivity index (χ1v) is 15.3. The first kappa shape index (κ1) is 30.5. The van der Waals surface area contributed by atoms with E-state index < -0.39 is 28.5 Å². The van der Waals surface area contributed by atoms with Gasteiger partial charge in [0.1, 0.15) is 6.04 Å². The summed E-state index contributed by atoms with van der Waals surface area (Å²) in [7, 11) is -2.66. The summed E-state index contributed by atoms with van der Waals surface area (Å²) in [4.78, 5) is 28.8. The molecule has 0 spiro atoms. The van der Waals surface area contributed by atoms with Gasteiger partial charge in [0, 0.05) is 36.6 Å². The predicted molar refractivity (Wildman–Crippen MR) is 163 cm³/mol. The fraction of sp³-hybridized carbons (Fsp3) is 0.226. The van der Waals surface area contributed by atoms with Gasteiger partial charge in [-0.15, -0.1) is 0 Å². The quantitative estimate of drug-likeness (QED) is 0.241. The van der Waals surface area contributed by atoms with Crippen molar-refractivity contribution in [2.45, 2.75) is 30.8 Å². The molecule has 0 aliphatic carbocycles. The van der Waals surface area contributed by atoms with Crippen LogP contribution in [0.1, 0.15) is 18.1 Å². The molecule has 1 unspecified atom stereocenters. The molecule has 41 heavy (non-hydrogen) atoms. The molecule has 4 aromatic carbocycles. The number of fused-ring (bicyclic) bond motifs is 1. The van der Waals surface area contributed by atoms with E-state index in [2.05, 4.69) is 5.32 Å². The molecule has 0 heterocycles. The van der Waals surface area contributed by atoms with Crippen LogP contribution in [-0.2, 0) is 32.6 Å². The van der Waals surface area contributed by atoms with Crippen molar-refractivity contribution in [1.29, 1.82) is 0 Å². The van der Waals surface area contributed by atoms with Crippen molar-refractivity contribution in [3.63, 3.8) is 0 Å². The fourth-order valence-electron chi connectivity index (χ4n) is 4.55. The Morgan fingerprint density at radius 3 is 2.24 bits per heavy atom. The molecule has 1 atom stereocenters. The summed E-state index contributed by atoms with van der Waals surface area (Å²) in [5.41, 5.74) is 1.42. The van der Waals surface area contributed by atoms with Crippen molar-refractivity contribution in [2.75, 3.05) is 20.1 Å². The number of carbonyl (C=O) groups excluding carboxylic acids is 2. The fourth-order valence-corrected chi connectivity index (χ4v) is 6.18. The monoisotopic (exact) mass is 611 g/mol. The standard InChI is InChI=1S/C31H31Cl2N3O4S/c1-3-34-31(38)29(17-22-9-5-4-6-10-22)36(20-25-13-15-26(32)19-28(25)33)30(37)21-35(2)41(39,40)27-16-14-23-11-7-8-12-24(23)18-27/h4-16,18-19,29H,3,17,20-21H2,1-2H3,(H,34,38). The molecular weight excluding hydrogens is 581 g/mol. The van der Waals surface area contributed by atoms with E-state index in [0.29, 0.717) is 22.2 Å².